The van der Waals surface area contributed by atoms with Crippen molar-refractivity contribution in [3.8, 4) is 11.4 Å². The van der Waals surface area contributed by atoms with Crippen LogP contribution in [0.15, 0.2) is 24.3 Å². The number of anilines is 1. The van der Waals surface area contributed by atoms with Gasteiger partial charge in [0.2, 0.25) is 5.91 Å². The number of carbonyl (C=O) groups excluding carboxylic acids is 1. The predicted molar refractivity (Wildman–Crippen MR) is 86.7 cm³/mol. The normalized spacial score (nSPS) is 17.0. The molecular weight excluding hydrogens is 294 g/mol. The lowest BCUT2D eigenvalue weighted by Crippen LogP contribution is -2.43. The first kappa shape index (κ1) is 15.6. The zero-order valence-corrected chi connectivity index (χ0v) is 13.1. The molecule has 122 valence electrons. The van der Waals surface area contributed by atoms with Crippen LogP contribution in [0.25, 0.3) is 11.4 Å². The molecule has 1 saturated heterocycles. The number of hydrogen-bond donors (Lipinski definition) is 3. The average molecular weight is 315 g/mol. The molecule has 2 heterocycles. The van der Waals surface area contributed by atoms with Gasteiger partial charge in [0.15, 0.2) is 5.82 Å². The zero-order valence-electron chi connectivity index (χ0n) is 13.1. The zero-order chi connectivity index (χ0) is 16.2. The van der Waals surface area contributed by atoms with Crippen molar-refractivity contribution in [3.63, 3.8) is 0 Å². The minimum atomic E-state index is -0.505. The van der Waals surface area contributed by atoms with Gasteiger partial charge in [-0.05, 0) is 49.9 Å². The van der Waals surface area contributed by atoms with Crippen molar-refractivity contribution in [1.82, 2.24) is 15.2 Å². The summed E-state index contributed by atoms with van der Waals surface area (Å²) in [5, 5.41) is 9.79. The van der Waals surface area contributed by atoms with E-state index in [9.17, 15) is 4.79 Å². The molecule has 1 aromatic carbocycles. The van der Waals surface area contributed by atoms with Crippen LogP contribution < -0.4 is 11.1 Å². The lowest BCUT2D eigenvalue weighted by Gasteiger charge is -2.26. The number of nitrogens with zero attached hydrogens (tertiary/aromatic N) is 2. The molecule has 1 atom stereocenters. The van der Waals surface area contributed by atoms with E-state index in [4.69, 9.17) is 10.5 Å². The summed E-state index contributed by atoms with van der Waals surface area (Å²) < 4.78 is 5.30. The molecule has 1 aliphatic heterocycles. The molecule has 0 aliphatic carbocycles. The molecule has 7 nitrogen and oxygen atoms in total. The van der Waals surface area contributed by atoms with E-state index in [1.54, 1.807) is 0 Å². The Balaban J connectivity index is 1.62. The highest BCUT2D eigenvalue weighted by Gasteiger charge is 2.26. The van der Waals surface area contributed by atoms with Gasteiger partial charge in [-0.1, -0.05) is 0 Å². The molecule has 4 N–H and O–H groups in total. The van der Waals surface area contributed by atoms with Crippen LogP contribution in [-0.4, -0.2) is 40.3 Å². The van der Waals surface area contributed by atoms with E-state index in [2.05, 4.69) is 20.5 Å². The molecule has 3 rings (SSSR count). The summed E-state index contributed by atoms with van der Waals surface area (Å²) in [7, 11) is 0. The minimum Gasteiger partial charge on any atom is -0.381 e. The van der Waals surface area contributed by atoms with Crippen molar-refractivity contribution in [2.45, 2.75) is 25.8 Å². The smallest absolute Gasteiger partial charge is 0.241 e. The molecule has 1 amide bonds. The Morgan fingerprint density at radius 1 is 1.35 bits per heavy atom. The Kier molecular flexibility index (Phi) is 4.68. The number of aromatic amines is 1. The number of carbonyl (C=O) groups is 1. The highest BCUT2D eigenvalue weighted by Crippen LogP contribution is 2.20. The molecule has 2 aromatic rings. The molecular formula is C16H21N5O2. The Hall–Kier alpha value is -2.25. The van der Waals surface area contributed by atoms with Gasteiger partial charge in [-0.3, -0.25) is 9.89 Å². The van der Waals surface area contributed by atoms with Crippen molar-refractivity contribution in [1.29, 1.82) is 0 Å². The fourth-order valence-electron chi connectivity index (χ4n) is 2.69. The number of benzene rings is 1. The largest absolute Gasteiger partial charge is 0.381 e. The first-order chi connectivity index (χ1) is 11.1. The number of ether oxygens (including phenoxy) is 1. The van der Waals surface area contributed by atoms with Gasteiger partial charge in [0.05, 0.1) is 6.04 Å². The molecule has 1 fully saturated rings. The Labute approximate surface area is 134 Å². The number of nitrogens with one attached hydrogen (secondary N) is 2. The quantitative estimate of drug-likeness (QED) is 0.792. The van der Waals surface area contributed by atoms with Gasteiger partial charge in [0, 0.05) is 24.5 Å². The van der Waals surface area contributed by atoms with E-state index < -0.39 is 6.04 Å². The second-order valence-corrected chi connectivity index (χ2v) is 5.79. The molecule has 0 radical (unpaired) electrons. The highest BCUT2D eigenvalue weighted by atomic mass is 16.5. The summed E-state index contributed by atoms with van der Waals surface area (Å²) in [5.74, 6) is 1.43. The first-order valence-electron chi connectivity index (χ1n) is 7.77. The Morgan fingerprint density at radius 2 is 2.04 bits per heavy atom. The van der Waals surface area contributed by atoms with Crippen LogP contribution in [-0.2, 0) is 9.53 Å². The average Bonchev–Trinajstić information content (AvgIpc) is 3.02. The third kappa shape index (κ3) is 3.75. The van der Waals surface area contributed by atoms with Crippen LogP contribution in [0.4, 0.5) is 5.69 Å². The van der Waals surface area contributed by atoms with Gasteiger partial charge < -0.3 is 15.8 Å². The van der Waals surface area contributed by atoms with Crippen molar-refractivity contribution in [2.75, 3.05) is 18.5 Å². The van der Waals surface area contributed by atoms with Crippen LogP contribution in [0.2, 0.25) is 0 Å². The van der Waals surface area contributed by atoms with E-state index in [-0.39, 0.29) is 11.8 Å². The summed E-state index contributed by atoms with van der Waals surface area (Å²) in [6.07, 6.45) is 1.66. The Morgan fingerprint density at radius 3 is 2.65 bits per heavy atom. The summed E-state index contributed by atoms with van der Waals surface area (Å²) >= 11 is 0. The fraction of sp³-hybridized carbons (Fsp3) is 0.438. The highest BCUT2D eigenvalue weighted by molar-refractivity contribution is 5.95. The van der Waals surface area contributed by atoms with E-state index >= 15 is 0 Å². The van der Waals surface area contributed by atoms with Crippen molar-refractivity contribution in [2.24, 2.45) is 11.7 Å². The van der Waals surface area contributed by atoms with E-state index in [1.807, 2.05) is 31.2 Å². The third-order valence-electron chi connectivity index (χ3n) is 4.08. The molecule has 1 unspecified atom stereocenters. The van der Waals surface area contributed by atoms with E-state index in [0.29, 0.717) is 24.7 Å². The number of rotatable bonds is 4. The maximum atomic E-state index is 12.3. The topological polar surface area (TPSA) is 106 Å². The van der Waals surface area contributed by atoms with E-state index in [0.717, 1.165) is 24.2 Å². The van der Waals surface area contributed by atoms with Gasteiger partial charge in [0.1, 0.15) is 5.82 Å². The van der Waals surface area contributed by atoms with Crippen LogP contribution in [0, 0.1) is 12.8 Å². The molecule has 0 bridgehead atoms. The maximum Gasteiger partial charge on any atom is 0.241 e. The van der Waals surface area contributed by atoms with Crippen molar-refractivity contribution >= 4 is 11.6 Å². The first-order valence-corrected chi connectivity index (χ1v) is 7.77. The van der Waals surface area contributed by atoms with Gasteiger partial charge in [-0.25, -0.2) is 4.98 Å². The van der Waals surface area contributed by atoms with Crippen molar-refractivity contribution in [3.05, 3.63) is 30.1 Å². The molecule has 23 heavy (non-hydrogen) atoms. The van der Waals surface area contributed by atoms with Crippen LogP contribution in [0.1, 0.15) is 18.7 Å². The molecule has 1 aromatic heterocycles. The number of nitrogens with two attached hydrogens (primary N) is 1. The van der Waals surface area contributed by atoms with Crippen LogP contribution >= 0.6 is 0 Å². The number of H-pyrrole nitrogens is 1. The van der Waals surface area contributed by atoms with Crippen LogP contribution in [0.3, 0.4) is 0 Å². The van der Waals surface area contributed by atoms with E-state index in [1.165, 1.54) is 0 Å². The molecule has 0 saturated carbocycles. The molecule has 1 aliphatic rings. The second-order valence-electron chi connectivity index (χ2n) is 5.79. The van der Waals surface area contributed by atoms with Crippen molar-refractivity contribution < 1.29 is 9.53 Å². The summed E-state index contributed by atoms with van der Waals surface area (Å²) in [5.41, 5.74) is 7.68. The number of aromatic nitrogens is 3. The second kappa shape index (κ2) is 6.89. The SMILES string of the molecule is Cc1nc(-c2ccc(NC(=O)C(N)C3CCOCC3)cc2)n[nH]1. The predicted octanol–water partition coefficient (Wildman–Crippen LogP) is 1.47. The summed E-state index contributed by atoms with van der Waals surface area (Å²) in [6.45, 7) is 3.20. The van der Waals surface area contributed by atoms with Crippen LogP contribution in [0.5, 0.6) is 0 Å². The summed E-state index contributed by atoms with van der Waals surface area (Å²) in [4.78, 5) is 16.5. The summed E-state index contributed by atoms with van der Waals surface area (Å²) in [6, 6.07) is 6.90. The molecule has 0 spiro atoms. The lowest BCUT2D eigenvalue weighted by molar-refractivity contribution is -0.119. The standard InChI is InChI=1S/C16H21N5O2/c1-10-18-15(21-20-10)12-2-4-13(5-3-12)19-16(22)14(17)11-6-8-23-9-7-11/h2-5,11,14H,6-9,17H2,1H3,(H,19,22)(H,18,20,21). The monoisotopic (exact) mass is 315 g/mol. The minimum absolute atomic E-state index is 0.154. The third-order valence-corrected chi connectivity index (χ3v) is 4.08. The lowest BCUT2D eigenvalue weighted by atomic mass is 9.92. The number of amides is 1. The number of hydrogen-bond acceptors (Lipinski definition) is 5. The number of aryl methyl sites for hydroxylation is 1. The van der Waals surface area contributed by atoms with Gasteiger partial charge in [0.25, 0.3) is 0 Å². The van der Waals surface area contributed by atoms with Gasteiger partial charge in [-0.15, -0.1) is 0 Å². The molecule has 7 heteroatoms. The Bertz CT molecular complexity index is 661. The fourth-order valence-corrected chi connectivity index (χ4v) is 2.69. The van der Waals surface area contributed by atoms with Gasteiger partial charge >= 0.3 is 0 Å². The maximum absolute atomic E-state index is 12.3. The van der Waals surface area contributed by atoms with Gasteiger partial charge in [-0.2, -0.15) is 5.10 Å².